The van der Waals surface area contributed by atoms with E-state index in [1.165, 1.54) is 10.7 Å². The lowest BCUT2D eigenvalue weighted by molar-refractivity contribution is -0.384. The van der Waals surface area contributed by atoms with Gasteiger partial charge in [-0.3, -0.25) is 10.1 Å². The number of para-hydroxylation sites is 2. The van der Waals surface area contributed by atoms with Gasteiger partial charge in [0.25, 0.3) is 5.69 Å². The minimum absolute atomic E-state index is 0.0188. The SMILES string of the molecule is CNCCC#Cc1cnn(-c2ccccc2[N+](=O)[O-])c1. The predicted molar refractivity (Wildman–Crippen MR) is 75.6 cm³/mol. The third-order valence-electron chi connectivity index (χ3n) is 2.64. The summed E-state index contributed by atoms with van der Waals surface area (Å²) in [6, 6.07) is 6.48. The molecule has 0 fully saturated rings. The Morgan fingerprint density at radius 3 is 3.00 bits per heavy atom. The van der Waals surface area contributed by atoms with Crippen molar-refractivity contribution in [2.45, 2.75) is 6.42 Å². The molecule has 1 aromatic heterocycles. The third-order valence-corrected chi connectivity index (χ3v) is 2.64. The lowest BCUT2D eigenvalue weighted by Gasteiger charge is -2.01. The average molecular weight is 270 g/mol. The molecular weight excluding hydrogens is 256 g/mol. The van der Waals surface area contributed by atoms with E-state index in [0.29, 0.717) is 5.69 Å². The highest BCUT2D eigenvalue weighted by molar-refractivity contribution is 5.52. The van der Waals surface area contributed by atoms with Gasteiger partial charge in [-0.05, 0) is 13.1 Å². The first kappa shape index (κ1) is 13.8. The second-order valence-corrected chi connectivity index (χ2v) is 4.07. The number of hydrogen-bond acceptors (Lipinski definition) is 4. The Morgan fingerprint density at radius 1 is 1.45 bits per heavy atom. The molecule has 0 aliphatic heterocycles. The van der Waals surface area contributed by atoms with E-state index >= 15 is 0 Å². The van der Waals surface area contributed by atoms with Gasteiger partial charge in [0, 0.05) is 25.2 Å². The van der Waals surface area contributed by atoms with Crippen LogP contribution in [0.25, 0.3) is 5.69 Å². The molecule has 2 aromatic rings. The Labute approximate surface area is 116 Å². The van der Waals surface area contributed by atoms with E-state index in [1.807, 2.05) is 7.05 Å². The highest BCUT2D eigenvalue weighted by Crippen LogP contribution is 2.21. The van der Waals surface area contributed by atoms with E-state index in [2.05, 4.69) is 22.3 Å². The first-order valence-corrected chi connectivity index (χ1v) is 6.14. The first-order chi connectivity index (χ1) is 9.72. The molecular formula is C14H14N4O2. The molecule has 0 aliphatic rings. The number of nitro benzene ring substituents is 1. The maximum atomic E-state index is 11.0. The van der Waals surface area contributed by atoms with Crippen LogP contribution in [0.4, 0.5) is 5.69 Å². The van der Waals surface area contributed by atoms with Crippen LogP contribution in [0.15, 0.2) is 36.7 Å². The van der Waals surface area contributed by atoms with Crippen LogP contribution in [0.3, 0.4) is 0 Å². The summed E-state index contributed by atoms with van der Waals surface area (Å²) in [5.74, 6) is 5.98. The number of hydrogen-bond donors (Lipinski definition) is 1. The molecule has 2 rings (SSSR count). The highest BCUT2D eigenvalue weighted by Gasteiger charge is 2.14. The van der Waals surface area contributed by atoms with Crippen molar-refractivity contribution in [3.05, 3.63) is 52.3 Å². The number of aromatic nitrogens is 2. The topological polar surface area (TPSA) is 73.0 Å². The predicted octanol–water partition coefficient (Wildman–Crippen LogP) is 1.74. The van der Waals surface area contributed by atoms with Crippen LogP contribution in [-0.4, -0.2) is 28.3 Å². The maximum Gasteiger partial charge on any atom is 0.294 e. The van der Waals surface area contributed by atoms with Crippen LogP contribution in [0.5, 0.6) is 0 Å². The smallest absolute Gasteiger partial charge is 0.294 e. The van der Waals surface area contributed by atoms with Crippen LogP contribution in [0, 0.1) is 22.0 Å². The monoisotopic (exact) mass is 270 g/mol. The second kappa shape index (κ2) is 6.50. The van der Waals surface area contributed by atoms with E-state index in [9.17, 15) is 10.1 Å². The Kier molecular flexibility index (Phi) is 4.47. The summed E-state index contributed by atoms with van der Waals surface area (Å²) in [6.45, 7) is 0.825. The largest absolute Gasteiger partial charge is 0.319 e. The number of nitrogens with one attached hydrogen (secondary N) is 1. The molecule has 1 N–H and O–H groups in total. The minimum Gasteiger partial charge on any atom is -0.319 e. The van der Waals surface area contributed by atoms with Gasteiger partial charge in [0.05, 0.1) is 16.7 Å². The van der Waals surface area contributed by atoms with Gasteiger partial charge < -0.3 is 5.32 Å². The molecule has 0 saturated carbocycles. The summed E-state index contributed by atoms with van der Waals surface area (Å²) in [7, 11) is 1.87. The Hall–Kier alpha value is -2.65. The number of rotatable bonds is 4. The van der Waals surface area contributed by atoms with Gasteiger partial charge in [-0.1, -0.05) is 24.0 Å². The van der Waals surface area contributed by atoms with Crippen LogP contribution in [0.1, 0.15) is 12.0 Å². The van der Waals surface area contributed by atoms with Crippen LogP contribution in [-0.2, 0) is 0 Å². The van der Waals surface area contributed by atoms with Crippen molar-refractivity contribution in [1.82, 2.24) is 15.1 Å². The van der Waals surface area contributed by atoms with Crippen molar-refractivity contribution in [2.24, 2.45) is 0 Å². The average Bonchev–Trinajstić information content (AvgIpc) is 2.92. The second-order valence-electron chi connectivity index (χ2n) is 4.07. The fourth-order valence-electron chi connectivity index (χ4n) is 1.68. The van der Waals surface area contributed by atoms with E-state index in [1.54, 1.807) is 30.6 Å². The molecule has 1 aromatic carbocycles. The van der Waals surface area contributed by atoms with Crippen molar-refractivity contribution in [3.8, 4) is 17.5 Å². The molecule has 102 valence electrons. The molecule has 6 heteroatoms. The zero-order valence-corrected chi connectivity index (χ0v) is 11.0. The zero-order chi connectivity index (χ0) is 14.4. The van der Waals surface area contributed by atoms with Gasteiger partial charge in [0.2, 0.25) is 0 Å². The molecule has 20 heavy (non-hydrogen) atoms. The van der Waals surface area contributed by atoms with Gasteiger partial charge in [-0.2, -0.15) is 5.10 Å². The molecule has 0 amide bonds. The van der Waals surface area contributed by atoms with E-state index in [4.69, 9.17) is 0 Å². The Balaban J connectivity index is 2.24. The summed E-state index contributed by atoms with van der Waals surface area (Å²) < 4.78 is 1.47. The van der Waals surface area contributed by atoms with Crippen LogP contribution >= 0.6 is 0 Å². The molecule has 6 nitrogen and oxygen atoms in total. The molecule has 0 bridgehead atoms. The third kappa shape index (κ3) is 3.22. The van der Waals surface area contributed by atoms with Crippen molar-refractivity contribution in [1.29, 1.82) is 0 Å². The molecule has 0 spiro atoms. The van der Waals surface area contributed by atoms with Crippen molar-refractivity contribution < 1.29 is 4.92 Å². The standard InChI is InChI=1S/C14H14N4O2/c1-15-9-5-4-6-12-10-16-17(11-12)13-7-2-3-8-14(13)18(19)20/h2-3,7-8,10-11,15H,5,9H2,1H3. The molecule has 0 unspecified atom stereocenters. The summed E-state index contributed by atoms with van der Waals surface area (Å²) >= 11 is 0. The van der Waals surface area contributed by atoms with Crippen LogP contribution in [0.2, 0.25) is 0 Å². The van der Waals surface area contributed by atoms with Gasteiger partial charge in [0.1, 0.15) is 5.69 Å². The molecule has 0 saturated heterocycles. The molecule has 0 aliphatic carbocycles. The lowest BCUT2D eigenvalue weighted by atomic mass is 10.2. The first-order valence-electron chi connectivity index (χ1n) is 6.14. The summed E-state index contributed by atoms with van der Waals surface area (Å²) in [6.07, 6.45) is 4.03. The number of benzene rings is 1. The van der Waals surface area contributed by atoms with Crippen LogP contribution < -0.4 is 5.32 Å². The molecule has 0 atom stereocenters. The summed E-state index contributed by atoms with van der Waals surface area (Å²) in [5.41, 5.74) is 1.19. The van der Waals surface area contributed by atoms with Crippen molar-refractivity contribution >= 4 is 5.69 Å². The summed E-state index contributed by atoms with van der Waals surface area (Å²) in [4.78, 5) is 10.6. The van der Waals surface area contributed by atoms with Gasteiger partial charge in [0.15, 0.2) is 0 Å². The fraction of sp³-hybridized carbons (Fsp3) is 0.214. The van der Waals surface area contributed by atoms with Crippen molar-refractivity contribution in [2.75, 3.05) is 13.6 Å². The highest BCUT2D eigenvalue weighted by atomic mass is 16.6. The number of nitrogens with zero attached hydrogens (tertiary/aromatic N) is 3. The van der Waals surface area contributed by atoms with E-state index in [-0.39, 0.29) is 5.69 Å². The minimum atomic E-state index is -0.421. The van der Waals surface area contributed by atoms with Gasteiger partial charge >= 0.3 is 0 Å². The molecule has 1 heterocycles. The summed E-state index contributed by atoms with van der Waals surface area (Å²) in [5, 5.41) is 18.1. The van der Waals surface area contributed by atoms with E-state index < -0.39 is 4.92 Å². The zero-order valence-electron chi connectivity index (χ0n) is 11.0. The molecule has 0 radical (unpaired) electrons. The van der Waals surface area contributed by atoms with Gasteiger partial charge in [-0.15, -0.1) is 0 Å². The normalized spacial score (nSPS) is 9.85. The lowest BCUT2D eigenvalue weighted by Crippen LogP contribution is -2.05. The Morgan fingerprint density at radius 2 is 2.25 bits per heavy atom. The Bertz CT molecular complexity index is 667. The van der Waals surface area contributed by atoms with Gasteiger partial charge in [-0.25, -0.2) is 4.68 Å². The van der Waals surface area contributed by atoms with Crippen molar-refractivity contribution in [3.63, 3.8) is 0 Å². The maximum absolute atomic E-state index is 11.0. The fourth-order valence-corrected chi connectivity index (χ4v) is 1.68. The number of nitro groups is 1. The quantitative estimate of drug-likeness (QED) is 0.397. The van der Waals surface area contributed by atoms with E-state index in [0.717, 1.165) is 18.5 Å².